The van der Waals surface area contributed by atoms with Crippen molar-refractivity contribution >= 4 is 27.3 Å². The Bertz CT molecular complexity index is 1230. The van der Waals surface area contributed by atoms with Gasteiger partial charge < -0.3 is 5.32 Å². The van der Waals surface area contributed by atoms with Crippen molar-refractivity contribution in [2.75, 3.05) is 23.1 Å². The van der Waals surface area contributed by atoms with Gasteiger partial charge in [-0.2, -0.15) is 0 Å². The van der Waals surface area contributed by atoms with E-state index in [0.717, 1.165) is 31.1 Å². The highest BCUT2D eigenvalue weighted by molar-refractivity contribution is 7.92. The van der Waals surface area contributed by atoms with Gasteiger partial charge in [-0.25, -0.2) is 8.42 Å². The molecule has 3 aromatic rings. The summed E-state index contributed by atoms with van der Waals surface area (Å²) >= 11 is 0. The third kappa shape index (κ3) is 6.04. The van der Waals surface area contributed by atoms with E-state index in [0.29, 0.717) is 16.9 Å². The van der Waals surface area contributed by atoms with Gasteiger partial charge in [0.05, 0.1) is 10.6 Å². The molecule has 1 amide bonds. The molecule has 0 radical (unpaired) electrons. The summed E-state index contributed by atoms with van der Waals surface area (Å²) < 4.78 is 28.0. The predicted octanol–water partition coefficient (Wildman–Crippen LogP) is 5.28. The van der Waals surface area contributed by atoms with E-state index in [1.54, 1.807) is 24.3 Å². The molecule has 3 aromatic carbocycles. The topological polar surface area (TPSA) is 78.5 Å². The number of aryl methyl sites for hydroxylation is 1. The van der Waals surface area contributed by atoms with Gasteiger partial charge in [-0.15, -0.1) is 0 Å². The highest BCUT2D eigenvalue weighted by Gasteiger charge is 2.17. The highest BCUT2D eigenvalue weighted by Crippen LogP contribution is 2.22. The van der Waals surface area contributed by atoms with E-state index < -0.39 is 10.0 Å². The van der Waals surface area contributed by atoms with Crippen LogP contribution < -0.4 is 10.0 Å². The molecule has 34 heavy (non-hydrogen) atoms. The van der Waals surface area contributed by atoms with Crippen molar-refractivity contribution in [3.63, 3.8) is 0 Å². The Labute approximate surface area is 202 Å². The molecule has 4 rings (SSSR count). The third-order valence-corrected chi connectivity index (χ3v) is 7.69. The molecule has 1 fully saturated rings. The quantitative estimate of drug-likeness (QED) is 0.485. The molecular weight excluding hydrogens is 446 g/mol. The number of sulfonamides is 1. The van der Waals surface area contributed by atoms with Crippen molar-refractivity contribution in [2.45, 2.75) is 38.1 Å². The van der Waals surface area contributed by atoms with Crippen LogP contribution >= 0.6 is 0 Å². The van der Waals surface area contributed by atoms with Crippen molar-refractivity contribution in [3.05, 3.63) is 89.5 Å². The number of nitrogens with one attached hydrogen (secondary N) is 2. The van der Waals surface area contributed by atoms with E-state index in [1.807, 2.05) is 43.3 Å². The number of anilines is 2. The smallest absolute Gasteiger partial charge is 0.261 e. The molecule has 0 aromatic heterocycles. The zero-order valence-electron chi connectivity index (χ0n) is 19.6. The van der Waals surface area contributed by atoms with Gasteiger partial charge in [0.15, 0.2) is 0 Å². The first-order chi connectivity index (χ1) is 16.3. The second-order valence-corrected chi connectivity index (χ2v) is 10.7. The van der Waals surface area contributed by atoms with Crippen LogP contribution in [0, 0.1) is 12.8 Å². The van der Waals surface area contributed by atoms with Crippen LogP contribution in [-0.4, -0.2) is 32.3 Å². The maximum absolute atomic E-state index is 12.7. The summed E-state index contributed by atoms with van der Waals surface area (Å²) in [6.45, 7) is 7.29. The predicted molar refractivity (Wildman–Crippen MR) is 136 cm³/mol. The standard InChI is InChI=1S/C27H31N3O3S/c1-20-15-17-30(18-16-20)19-22-7-9-23(10-8-22)27(31)28-24-11-13-25(14-12-24)34(32,33)29-26-6-4-3-5-21(26)2/h3-14,20,29H,15-19H2,1-2H3,(H,28,31). The second kappa shape index (κ2) is 10.4. The van der Waals surface area contributed by atoms with Gasteiger partial charge in [-0.1, -0.05) is 37.3 Å². The normalized spacial score (nSPS) is 15.1. The van der Waals surface area contributed by atoms with Crippen molar-refractivity contribution in [1.29, 1.82) is 0 Å². The molecule has 7 heteroatoms. The van der Waals surface area contributed by atoms with E-state index >= 15 is 0 Å². The number of hydrogen-bond acceptors (Lipinski definition) is 4. The summed E-state index contributed by atoms with van der Waals surface area (Å²) in [6.07, 6.45) is 2.48. The van der Waals surface area contributed by atoms with Gasteiger partial charge in [0.25, 0.3) is 15.9 Å². The van der Waals surface area contributed by atoms with Crippen molar-refractivity contribution < 1.29 is 13.2 Å². The molecule has 1 saturated heterocycles. The molecule has 0 atom stereocenters. The van der Waals surface area contributed by atoms with E-state index in [2.05, 4.69) is 21.9 Å². The largest absolute Gasteiger partial charge is 0.322 e. The maximum Gasteiger partial charge on any atom is 0.261 e. The molecule has 178 valence electrons. The Balaban J connectivity index is 1.35. The van der Waals surface area contributed by atoms with Crippen LogP contribution in [0.1, 0.15) is 41.3 Å². The molecule has 1 aliphatic heterocycles. The highest BCUT2D eigenvalue weighted by atomic mass is 32.2. The Morgan fingerprint density at radius 2 is 1.59 bits per heavy atom. The summed E-state index contributed by atoms with van der Waals surface area (Å²) in [5.74, 6) is 0.577. The van der Waals surface area contributed by atoms with Gasteiger partial charge in [-0.3, -0.25) is 14.4 Å². The molecule has 0 aliphatic carbocycles. The number of benzene rings is 3. The lowest BCUT2D eigenvalue weighted by molar-refractivity contribution is 0.102. The molecular formula is C27H31N3O3S. The number of nitrogens with zero attached hydrogens (tertiary/aromatic N) is 1. The minimum atomic E-state index is -3.72. The number of carbonyl (C=O) groups is 1. The first kappa shape index (κ1) is 24.0. The number of amides is 1. The lowest BCUT2D eigenvalue weighted by Gasteiger charge is -2.30. The molecule has 1 aliphatic rings. The summed E-state index contributed by atoms with van der Waals surface area (Å²) in [5, 5.41) is 2.84. The molecule has 2 N–H and O–H groups in total. The van der Waals surface area contributed by atoms with Gasteiger partial charge in [0.1, 0.15) is 0 Å². The Morgan fingerprint density at radius 1 is 0.941 bits per heavy atom. The average Bonchev–Trinajstić information content (AvgIpc) is 2.83. The number of hydrogen-bond donors (Lipinski definition) is 2. The number of rotatable bonds is 7. The van der Waals surface area contributed by atoms with E-state index in [4.69, 9.17) is 0 Å². The maximum atomic E-state index is 12.7. The SMILES string of the molecule is Cc1ccccc1NS(=O)(=O)c1ccc(NC(=O)c2ccc(CN3CCC(C)CC3)cc2)cc1. The molecule has 0 saturated carbocycles. The molecule has 6 nitrogen and oxygen atoms in total. The van der Waals surface area contributed by atoms with Gasteiger partial charge in [0.2, 0.25) is 0 Å². The molecule has 0 bridgehead atoms. The van der Waals surface area contributed by atoms with Crippen LogP contribution in [0.2, 0.25) is 0 Å². The van der Waals surface area contributed by atoms with Gasteiger partial charge in [0, 0.05) is 17.8 Å². The van der Waals surface area contributed by atoms with Gasteiger partial charge >= 0.3 is 0 Å². The first-order valence-corrected chi connectivity index (χ1v) is 13.1. The number of likely N-dealkylation sites (tertiary alicyclic amines) is 1. The van der Waals surface area contributed by atoms with Crippen LogP contribution in [0.25, 0.3) is 0 Å². The molecule has 1 heterocycles. The number of carbonyl (C=O) groups excluding carboxylic acids is 1. The van der Waals surface area contributed by atoms with Crippen LogP contribution in [0.3, 0.4) is 0 Å². The fraction of sp³-hybridized carbons (Fsp3) is 0.296. The lowest BCUT2D eigenvalue weighted by Crippen LogP contribution is -2.32. The monoisotopic (exact) mass is 477 g/mol. The molecule has 0 unspecified atom stereocenters. The summed E-state index contributed by atoms with van der Waals surface area (Å²) in [5.41, 5.74) is 3.67. The summed E-state index contributed by atoms with van der Waals surface area (Å²) in [4.78, 5) is 15.2. The van der Waals surface area contributed by atoms with Crippen LogP contribution in [0.15, 0.2) is 77.7 Å². The Kier molecular flexibility index (Phi) is 7.34. The van der Waals surface area contributed by atoms with E-state index in [1.165, 1.54) is 30.5 Å². The lowest BCUT2D eigenvalue weighted by atomic mass is 9.99. The fourth-order valence-electron chi connectivity index (χ4n) is 4.05. The van der Waals surface area contributed by atoms with Crippen molar-refractivity contribution in [1.82, 2.24) is 4.90 Å². The zero-order valence-corrected chi connectivity index (χ0v) is 20.4. The van der Waals surface area contributed by atoms with Gasteiger partial charge in [-0.05, 0) is 92.4 Å². The van der Waals surface area contributed by atoms with Crippen LogP contribution in [0.4, 0.5) is 11.4 Å². The van der Waals surface area contributed by atoms with E-state index in [-0.39, 0.29) is 10.8 Å². The average molecular weight is 478 g/mol. The minimum absolute atomic E-state index is 0.130. The third-order valence-electron chi connectivity index (χ3n) is 6.31. The Hall–Kier alpha value is -3.16. The van der Waals surface area contributed by atoms with Crippen LogP contribution in [-0.2, 0) is 16.6 Å². The minimum Gasteiger partial charge on any atom is -0.322 e. The fourth-order valence-corrected chi connectivity index (χ4v) is 5.18. The number of para-hydroxylation sites is 1. The summed E-state index contributed by atoms with van der Waals surface area (Å²) in [7, 11) is -3.72. The molecule has 0 spiro atoms. The first-order valence-electron chi connectivity index (χ1n) is 11.6. The number of piperidine rings is 1. The second-order valence-electron chi connectivity index (χ2n) is 9.05. The van der Waals surface area contributed by atoms with E-state index in [9.17, 15) is 13.2 Å². The van der Waals surface area contributed by atoms with Crippen LogP contribution in [0.5, 0.6) is 0 Å². The van der Waals surface area contributed by atoms with Crippen molar-refractivity contribution in [2.24, 2.45) is 5.92 Å². The Morgan fingerprint density at radius 3 is 2.24 bits per heavy atom. The zero-order chi connectivity index (χ0) is 24.1. The van der Waals surface area contributed by atoms with Crippen molar-refractivity contribution in [3.8, 4) is 0 Å². The summed E-state index contributed by atoms with van der Waals surface area (Å²) in [6, 6.07) is 21.0.